The minimum Gasteiger partial charge on any atom is -0.325 e. The molecule has 0 saturated carbocycles. The quantitative estimate of drug-likeness (QED) is 0.838. The molecule has 2 rings (SSSR count). The first-order valence-corrected chi connectivity index (χ1v) is 8.82. The summed E-state index contributed by atoms with van der Waals surface area (Å²) < 4.78 is 26.7. The number of carbonyl (C=O) groups is 1. The van der Waals surface area contributed by atoms with Crippen LogP contribution >= 0.6 is 0 Å². The summed E-state index contributed by atoms with van der Waals surface area (Å²) in [5, 5.41) is 11.7. The number of sulfonamides is 1. The van der Waals surface area contributed by atoms with E-state index in [0.29, 0.717) is 5.69 Å². The molecule has 24 heavy (non-hydrogen) atoms. The highest BCUT2D eigenvalue weighted by molar-refractivity contribution is 7.89. The molecule has 1 amide bonds. The van der Waals surface area contributed by atoms with E-state index in [2.05, 4.69) is 10.0 Å². The van der Waals surface area contributed by atoms with E-state index in [9.17, 15) is 13.2 Å². The van der Waals surface area contributed by atoms with Crippen LogP contribution in [0.3, 0.4) is 0 Å². The Balaban J connectivity index is 2.07. The Morgan fingerprint density at radius 2 is 1.79 bits per heavy atom. The molecular weight excluding hydrogens is 326 g/mol. The van der Waals surface area contributed by atoms with Gasteiger partial charge in [0.2, 0.25) is 15.9 Å². The summed E-state index contributed by atoms with van der Waals surface area (Å²) in [6.45, 7) is 1.55. The van der Waals surface area contributed by atoms with Crippen LogP contribution < -0.4 is 10.0 Å². The van der Waals surface area contributed by atoms with Crippen molar-refractivity contribution in [2.75, 3.05) is 11.9 Å². The fourth-order valence-electron chi connectivity index (χ4n) is 2.18. The molecule has 0 spiro atoms. The molecule has 2 aromatic carbocycles. The second-order valence-corrected chi connectivity index (χ2v) is 6.73. The van der Waals surface area contributed by atoms with Crippen LogP contribution in [0.2, 0.25) is 0 Å². The molecule has 2 N–H and O–H groups in total. The second kappa shape index (κ2) is 7.73. The molecule has 0 heterocycles. The van der Waals surface area contributed by atoms with Crippen molar-refractivity contribution >= 4 is 21.6 Å². The molecule has 6 nitrogen and oxygen atoms in total. The first-order chi connectivity index (χ1) is 11.5. The van der Waals surface area contributed by atoms with Crippen LogP contribution in [0.5, 0.6) is 0 Å². The lowest BCUT2D eigenvalue weighted by Gasteiger charge is -2.11. The Kier molecular flexibility index (Phi) is 5.68. The second-order valence-electron chi connectivity index (χ2n) is 4.99. The fraction of sp³-hybridized carbons (Fsp3) is 0.176. The minimum absolute atomic E-state index is 0.0294. The fourth-order valence-corrected chi connectivity index (χ4v) is 3.31. The number of para-hydroxylation sites is 1. The van der Waals surface area contributed by atoms with E-state index >= 15 is 0 Å². The van der Waals surface area contributed by atoms with Crippen LogP contribution in [0, 0.1) is 11.3 Å². The van der Waals surface area contributed by atoms with Gasteiger partial charge in [-0.2, -0.15) is 5.26 Å². The van der Waals surface area contributed by atoms with Gasteiger partial charge in [-0.3, -0.25) is 4.79 Å². The van der Waals surface area contributed by atoms with Gasteiger partial charge in [-0.15, -0.1) is 0 Å². The van der Waals surface area contributed by atoms with Crippen molar-refractivity contribution in [2.45, 2.75) is 18.2 Å². The van der Waals surface area contributed by atoms with E-state index in [1.807, 2.05) is 25.1 Å². The van der Waals surface area contributed by atoms with Crippen molar-refractivity contribution in [3.8, 4) is 6.07 Å². The highest BCUT2D eigenvalue weighted by Crippen LogP contribution is 2.16. The normalized spacial score (nSPS) is 10.8. The van der Waals surface area contributed by atoms with Gasteiger partial charge in [0.1, 0.15) is 6.07 Å². The summed E-state index contributed by atoms with van der Waals surface area (Å²) in [5.74, 6) is -0.478. The molecule has 0 radical (unpaired) electrons. The van der Waals surface area contributed by atoms with Crippen molar-refractivity contribution in [1.82, 2.24) is 4.72 Å². The van der Waals surface area contributed by atoms with Crippen LogP contribution in [0.1, 0.15) is 18.1 Å². The molecule has 0 aliphatic rings. The Morgan fingerprint density at radius 1 is 1.12 bits per heavy atom. The van der Waals surface area contributed by atoms with Gasteiger partial charge in [0.15, 0.2) is 0 Å². The van der Waals surface area contributed by atoms with Crippen molar-refractivity contribution in [2.24, 2.45) is 0 Å². The highest BCUT2D eigenvalue weighted by Gasteiger charge is 2.19. The molecule has 0 atom stereocenters. The number of aryl methyl sites for hydroxylation is 1. The Bertz CT molecular complexity index is 886. The number of nitriles is 1. The molecule has 7 heteroatoms. The van der Waals surface area contributed by atoms with Gasteiger partial charge in [-0.05, 0) is 30.2 Å². The molecule has 0 unspecified atom stereocenters. The Labute approximate surface area is 141 Å². The van der Waals surface area contributed by atoms with Gasteiger partial charge in [0.25, 0.3) is 0 Å². The summed E-state index contributed by atoms with van der Waals surface area (Å²) >= 11 is 0. The summed E-state index contributed by atoms with van der Waals surface area (Å²) in [6, 6.07) is 15.0. The molecule has 0 aliphatic heterocycles. The molecule has 0 aliphatic carbocycles. The summed E-state index contributed by atoms with van der Waals surface area (Å²) in [6.07, 6.45) is 0.748. The van der Waals surface area contributed by atoms with E-state index in [0.717, 1.165) is 12.0 Å². The van der Waals surface area contributed by atoms with Gasteiger partial charge in [-0.25, -0.2) is 13.1 Å². The predicted octanol–water partition coefficient (Wildman–Crippen LogP) is 2.04. The Hall–Kier alpha value is -2.69. The zero-order valence-electron chi connectivity index (χ0n) is 13.1. The van der Waals surface area contributed by atoms with Crippen LogP contribution in [0.15, 0.2) is 53.4 Å². The predicted molar refractivity (Wildman–Crippen MR) is 90.8 cm³/mol. The topological polar surface area (TPSA) is 99.1 Å². The zero-order chi connectivity index (χ0) is 17.6. The third kappa shape index (κ3) is 4.19. The maximum Gasteiger partial charge on any atom is 0.242 e. The molecule has 0 fully saturated rings. The third-order valence-electron chi connectivity index (χ3n) is 3.39. The number of nitrogens with one attached hydrogen (secondary N) is 2. The molecule has 0 saturated heterocycles. The minimum atomic E-state index is -3.94. The largest absolute Gasteiger partial charge is 0.325 e. The number of nitrogens with zero attached hydrogens (tertiary/aromatic N) is 1. The summed E-state index contributed by atoms with van der Waals surface area (Å²) in [5.41, 5.74) is 1.65. The standard InChI is InChI=1S/C17H17N3O3S/c1-2-13-7-3-5-9-15(13)20-17(21)12-19-24(22,23)16-10-6-4-8-14(16)11-18/h3-10,19H,2,12H2,1H3,(H,20,21). The van der Waals surface area contributed by atoms with Crippen molar-refractivity contribution in [1.29, 1.82) is 5.26 Å². The van der Waals surface area contributed by atoms with Crippen molar-refractivity contribution < 1.29 is 13.2 Å². The SMILES string of the molecule is CCc1ccccc1NC(=O)CNS(=O)(=O)c1ccccc1C#N. The highest BCUT2D eigenvalue weighted by atomic mass is 32.2. The van der Waals surface area contributed by atoms with Crippen LogP contribution in [0.4, 0.5) is 5.69 Å². The van der Waals surface area contributed by atoms with E-state index in [1.54, 1.807) is 18.2 Å². The number of hydrogen-bond acceptors (Lipinski definition) is 4. The van der Waals surface area contributed by atoms with Gasteiger partial charge >= 0.3 is 0 Å². The average molecular weight is 343 g/mol. The molecular formula is C17H17N3O3S. The van der Waals surface area contributed by atoms with E-state index in [1.165, 1.54) is 18.2 Å². The summed E-state index contributed by atoms with van der Waals surface area (Å²) in [7, 11) is -3.94. The lowest BCUT2D eigenvalue weighted by atomic mass is 10.1. The van der Waals surface area contributed by atoms with Crippen molar-refractivity contribution in [3.05, 3.63) is 59.7 Å². The zero-order valence-corrected chi connectivity index (χ0v) is 13.9. The van der Waals surface area contributed by atoms with E-state index in [4.69, 9.17) is 5.26 Å². The first-order valence-electron chi connectivity index (χ1n) is 7.34. The van der Waals surface area contributed by atoms with Gasteiger partial charge in [-0.1, -0.05) is 37.3 Å². The van der Waals surface area contributed by atoms with Gasteiger partial charge in [0, 0.05) is 5.69 Å². The number of amides is 1. The van der Waals surface area contributed by atoms with Crippen molar-refractivity contribution in [3.63, 3.8) is 0 Å². The van der Waals surface area contributed by atoms with Gasteiger partial charge < -0.3 is 5.32 Å². The number of rotatable bonds is 6. The number of hydrogen-bond donors (Lipinski definition) is 2. The number of benzene rings is 2. The molecule has 0 bridgehead atoms. The molecule has 2 aromatic rings. The lowest BCUT2D eigenvalue weighted by molar-refractivity contribution is -0.115. The van der Waals surface area contributed by atoms with E-state index < -0.39 is 22.5 Å². The van der Waals surface area contributed by atoms with Crippen LogP contribution in [-0.4, -0.2) is 20.9 Å². The smallest absolute Gasteiger partial charge is 0.242 e. The maximum absolute atomic E-state index is 12.2. The molecule has 0 aromatic heterocycles. The summed E-state index contributed by atoms with van der Waals surface area (Å²) in [4.78, 5) is 11.9. The average Bonchev–Trinajstić information content (AvgIpc) is 2.60. The third-order valence-corrected chi connectivity index (χ3v) is 4.85. The number of anilines is 1. The monoisotopic (exact) mass is 343 g/mol. The van der Waals surface area contributed by atoms with Gasteiger partial charge in [0.05, 0.1) is 17.0 Å². The van der Waals surface area contributed by atoms with E-state index in [-0.39, 0.29) is 10.5 Å². The lowest BCUT2D eigenvalue weighted by Crippen LogP contribution is -2.33. The molecule has 124 valence electrons. The van der Waals surface area contributed by atoms with Crippen LogP contribution in [-0.2, 0) is 21.2 Å². The first kappa shape index (κ1) is 17.7. The van der Waals surface area contributed by atoms with Crippen LogP contribution in [0.25, 0.3) is 0 Å². The number of carbonyl (C=O) groups excluding carboxylic acids is 1. The maximum atomic E-state index is 12.2. The Morgan fingerprint density at radius 3 is 2.50 bits per heavy atom.